The minimum Gasteiger partial charge on any atom is -0.480 e. The Morgan fingerprint density at radius 2 is 1.87 bits per heavy atom. The van der Waals surface area contributed by atoms with Crippen LogP contribution in [0.4, 0.5) is 0 Å². The van der Waals surface area contributed by atoms with Crippen LogP contribution in [0.3, 0.4) is 0 Å². The largest absolute Gasteiger partial charge is 0.480 e. The molecule has 15 heavy (non-hydrogen) atoms. The Balaban J connectivity index is 2.80. The van der Waals surface area contributed by atoms with E-state index in [2.05, 4.69) is 18.1 Å². The first-order valence-electron chi connectivity index (χ1n) is 4.99. The highest BCUT2D eigenvalue weighted by Gasteiger charge is 2.27. The molecule has 3 nitrogen and oxygen atoms in total. The zero-order chi connectivity index (χ0) is 11.5. The maximum Gasteiger partial charge on any atom is 0.319 e. The Hall–Kier alpha value is -1.13. The Kier molecular flexibility index (Phi) is 3.65. The first-order valence-corrected chi connectivity index (χ1v) is 7.99. The lowest BCUT2D eigenvalue weighted by atomic mass is 10.4. The molecule has 0 radical (unpaired) electrons. The molecule has 0 unspecified atom stereocenters. The summed E-state index contributed by atoms with van der Waals surface area (Å²) in [6.45, 7) is 5.91. The Morgan fingerprint density at radius 1 is 1.33 bits per heavy atom. The Labute approximate surface area is 91.2 Å². The SMILES string of the molecule is C[C@H](N[Si](C)(C)c1ccccc1)C(=O)O. The molecule has 1 rings (SSSR count). The smallest absolute Gasteiger partial charge is 0.319 e. The van der Waals surface area contributed by atoms with Crippen LogP contribution >= 0.6 is 0 Å². The second-order valence-electron chi connectivity index (χ2n) is 4.20. The quantitative estimate of drug-likeness (QED) is 0.753. The number of nitrogens with one attached hydrogen (secondary N) is 1. The van der Waals surface area contributed by atoms with Crippen LogP contribution in [0.15, 0.2) is 30.3 Å². The topological polar surface area (TPSA) is 49.3 Å². The number of benzene rings is 1. The van der Waals surface area contributed by atoms with Gasteiger partial charge in [-0.15, -0.1) is 0 Å². The summed E-state index contributed by atoms with van der Waals surface area (Å²) in [5.41, 5.74) is 0. The summed E-state index contributed by atoms with van der Waals surface area (Å²) in [5, 5.41) is 10.1. The van der Waals surface area contributed by atoms with Gasteiger partial charge in [0.25, 0.3) is 0 Å². The maximum absolute atomic E-state index is 10.8. The van der Waals surface area contributed by atoms with Crippen molar-refractivity contribution in [1.29, 1.82) is 0 Å². The molecule has 0 aromatic heterocycles. The summed E-state index contributed by atoms with van der Waals surface area (Å²) in [6.07, 6.45) is 0. The number of carbonyl (C=O) groups is 1. The van der Waals surface area contributed by atoms with Crippen LogP contribution in [0.1, 0.15) is 6.92 Å². The van der Waals surface area contributed by atoms with Crippen LogP contribution < -0.4 is 10.2 Å². The van der Waals surface area contributed by atoms with Gasteiger partial charge in [0.15, 0.2) is 8.24 Å². The van der Waals surface area contributed by atoms with Gasteiger partial charge >= 0.3 is 5.97 Å². The van der Waals surface area contributed by atoms with Crippen molar-refractivity contribution in [3.8, 4) is 0 Å². The molecule has 1 atom stereocenters. The van der Waals surface area contributed by atoms with Crippen LogP contribution in [0.25, 0.3) is 0 Å². The lowest BCUT2D eigenvalue weighted by Gasteiger charge is -2.26. The van der Waals surface area contributed by atoms with E-state index in [0.717, 1.165) is 0 Å². The molecule has 0 fully saturated rings. The fourth-order valence-corrected chi connectivity index (χ4v) is 3.94. The molecule has 1 aromatic carbocycles. The highest BCUT2D eigenvalue weighted by atomic mass is 28.3. The number of carboxylic acids is 1. The molecule has 0 saturated heterocycles. The summed E-state index contributed by atoms with van der Waals surface area (Å²) in [4.78, 5) is 14.0. The van der Waals surface area contributed by atoms with E-state index >= 15 is 0 Å². The Morgan fingerprint density at radius 3 is 2.33 bits per heavy atom. The van der Waals surface area contributed by atoms with Crippen molar-refractivity contribution in [3.05, 3.63) is 30.3 Å². The molecule has 0 aliphatic carbocycles. The van der Waals surface area contributed by atoms with Gasteiger partial charge in [-0.3, -0.25) is 4.79 Å². The summed E-state index contributed by atoms with van der Waals surface area (Å²) >= 11 is 0. The van der Waals surface area contributed by atoms with E-state index < -0.39 is 20.2 Å². The molecular formula is C11H17NO2Si. The van der Waals surface area contributed by atoms with Gasteiger partial charge in [0.2, 0.25) is 0 Å². The molecule has 2 N–H and O–H groups in total. The van der Waals surface area contributed by atoms with Crippen molar-refractivity contribution in [2.24, 2.45) is 0 Å². The third-order valence-electron chi connectivity index (χ3n) is 2.44. The lowest BCUT2D eigenvalue weighted by molar-refractivity contribution is -0.138. The third-order valence-corrected chi connectivity index (χ3v) is 5.37. The zero-order valence-corrected chi connectivity index (χ0v) is 10.3. The van der Waals surface area contributed by atoms with Crippen molar-refractivity contribution in [1.82, 2.24) is 4.98 Å². The van der Waals surface area contributed by atoms with Crippen molar-refractivity contribution >= 4 is 19.4 Å². The van der Waals surface area contributed by atoms with Gasteiger partial charge in [0, 0.05) is 0 Å². The van der Waals surface area contributed by atoms with Crippen molar-refractivity contribution in [2.45, 2.75) is 26.1 Å². The fraction of sp³-hybridized carbons (Fsp3) is 0.364. The van der Waals surface area contributed by atoms with Gasteiger partial charge in [-0.05, 0) is 12.1 Å². The van der Waals surface area contributed by atoms with E-state index in [0.29, 0.717) is 0 Å². The van der Waals surface area contributed by atoms with Gasteiger partial charge in [-0.1, -0.05) is 43.4 Å². The average Bonchev–Trinajstić information content (AvgIpc) is 2.18. The summed E-state index contributed by atoms with van der Waals surface area (Å²) in [6, 6.07) is 9.54. The standard InChI is InChI=1S/C11H17NO2Si/c1-9(11(13)14)12-15(2,3)10-7-5-4-6-8-10/h4-9,12H,1-3H3,(H,13,14)/t9-/m0/s1. The molecule has 0 saturated carbocycles. The van der Waals surface area contributed by atoms with Gasteiger partial charge < -0.3 is 10.1 Å². The monoisotopic (exact) mass is 223 g/mol. The van der Waals surface area contributed by atoms with Crippen LogP contribution in [-0.2, 0) is 4.79 Å². The Bertz CT molecular complexity index is 338. The molecule has 82 valence electrons. The first kappa shape index (κ1) is 11.9. The highest BCUT2D eigenvalue weighted by Crippen LogP contribution is 2.01. The van der Waals surface area contributed by atoms with E-state index in [9.17, 15) is 4.79 Å². The molecule has 0 aliphatic heterocycles. The molecule has 0 aliphatic rings. The summed E-state index contributed by atoms with van der Waals surface area (Å²) in [5.74, 6) is -0.800. The molecule has 0 amide bonds. The first-order chi connectivity index (χ1) is 6.93. The molecule has 0 heterocycles. The van der Waals surface area contributed by atoms with Crippen molar-refractivity contribution in [3.63, 3.8) is 0 Å². The average molecular weight is 223 g/mol. The van der Waals surface area contributed by atoms with Gasteiger partial charge in [0.1, 0.15) is 0 Å². The summed E-state index contributed by atoms with van der Waals surface area (Å²) < 4.78 is 0. The van der Waals surface area contributed by atoms with Crippen LogP contribution in [0.2, 0.25) is 13.1 Å². The number of hydrogen-bond acceptors (Lipinski definition) is 2. The van der Waals surface area contributed by atoms with Crippen LogP contribution in [0.5, 0.6) is 0 Å². The van der Waals surface area contributed by atoms with E-state index in [1.165, 1.54) is 5.19 Å². The predicted octanol–water partition coefficient (Wildman–Crippen LogP) is 1.16. The van der Waals surface area contributed by atoms with Gasteiger partial charge in [-0.25, -0.2) is 0 Å². The third kappa shape index (κ3) is 3.18. The molecule has 4 heteroatoms. The van der Waals surface area contributed by atoms with Gasteiger partial charge in [-0.2, -0.15) is 0 Å². The van der Waals surface area contributed by atoms with Crippen LogP contribution in [-0.4, -0.2) is 25.4 Å². The lowest BCUT2D eigenvalue weighted by Crippen LogP contribution is -2.59. The highest BCUT2D eigenvalue weighted by molar-refractivity contribution is 6.87. The second-order valence-corrected chi connectivity index (χ2v) is 8.31. The molecule has 1 aromatic rings. The van der Waals surface area contributed by atoms with E-state index in [1.54, 1.807) is 6.92 Å². The molecular weight excluding hydrogens is 206 g/mol. The number of aliphatic carboxylic acids is 1. The number of carboxylic acid groups (broad SMARTS) is 1. The molecule has 0 bridgehead atoms. The van der Waals surface area contributed by atoms with Crippen molar-refractivity contribution in [2.75, 3.05) is 0 Å². The normalized spacial score (nSPS) is 13.5. The fourth-order valence-electron chi connectivity index (χ4n) is 1.54. The summed E-state index contributed by atoms with van der Waals surface area (Å²) in [7, 11) is -1.84. The van der Waals surface area contributed by atoms with Crippen molar-refractivity contribution < 1.29 is 9.90 Å². The minimum atomic E-state index is -1.84. The zero-order valence-electron chi connectivity index (χ0n) is 9.32. The van der Waals surface area contributed by atoms with Gasteiger partial charge in [0.05, 0.1) is 6.04 Å². The predicted molar refractivity (Wildman–Crippen MR) is 63.8 cm³/mol. The second kappa shape index (κ2) is 4.59. The van der Waals surface area contributed by atoms with E-state index in [1.807, 2.05) is 30.3 Å². The number of rotatable bonds is 4. The van der Waals surface area contributed by atoms with Crippen LogP contribution in [0, 0.1) is 0 Å². The number of hydrogen-bond donors (Lipinski definition) is 2. The van der Waals surface area contributed by atoms with E-state index in [-0.39, 0.29) is 0 Å². The maximum atomic E-state index is 10.8. The van der Waals surface area contributed by atoms with E-state index in [4.69, 9.17) is 5.11 Å². The molecule has 0 spiro atoms. The minimum absolute atomic E-state index is 0.494.